The van der Waals surface area contributed by atoms with Gasteiger partial charge in [0.05, 0.1) is 12.3 Å². The lowest BCUT2D eigenvalue weighted by Gasteiger charge is -2.17. The molecule has 0 aliphatic carbocycles. The Morgan fingerprint density at radius 1 is 1.67 bits per heavy atom. The molecule has 0 unspecified atom stereocenters. The lowest BCUT2D eigenvalue weighted by Crippen LogP contribution is -2.34. The number of hydrogen-bond acceptors (Lipinski definition) is 5. The molecule has 0 aliphatic heterocycles. The maximum absolute atomic E-state index is 11.5. The van der Waals surface area contributed by atoms with Gasteiger partial charge >= 0.3 is 5.97 Å². The van der Waals surface area contributed by atoms with E-state index in [-0.39, 0.29) is 6.61 Å². The zero-order valence-corrected chi connectivity index (χ0v) is 9.93. The Kier molecular flexibility index (Phi) is 3.82. The van der Waals surface area contributed by atoms with Gasteiger partial charge in [0, 0.05) is 5.38 Å². The van der Waals surface area contributed by atoms with Crippen LogP contribution in [-0.4, -0.2) is 22.7 Å². The number of carbonyl (C=O) groups is 1. The van der Waals surface area contributed by atoms with Crippen molar-refractivity contribution < 1.29 is 14.6 Å². The van der Waals surface area contributed by atoms with Crippen molar-refractivity contribution >= 4 is 17.3 Å². The van der Waals surface area contributed by atoms with Crippen molar-refractivity contribution in [3.63, 3.8) is 0 Å². The standard InChI is InChI=1S/C10H15NO3S/c1-4-7-6-15-8(11-7)10(3,13)9(12)14-5-2/h6,13H,4-5H2,1-3H3/t10-/m1/s1. The Bertz CT molecular complexity index is 346. The largest absolute Gasteiger partial charge is 0.464 e. The van der Waals surface area contributed by atoms with E-state index in [0.29, 0.717) is 5.01 Å². The Hall–Kier alpha value is -0.940. The molecule has 4 nitrogen and oxygen atoms in total. The van der Waals surface area contributed by atoms with Gasteiger partial charge in [0.25, 0.3) is 0 Å². The summed E-state index contributed by atoms with van der Waals surface area (Å²) in [6.07, 6.45) is 0.787. The first-order valence-electron chi connectivity index (χ1n) is 4.86. The van der Waals surface area contributed by atoms with Crippen LogP contribution < -0.4 is 0 Å². The second-order valence-corrected chi connectivity index (χ2v) is 4.15. The highest BCUT2D eigenvalue weighted by Crippen LogP contribution is 2.25. The molecule has 0 aliphatic rings. The molecule has 0 fully saturated rings. The average Bonchev–Trinajstić information content (AvgIpc) is 2.66. The molecule has 0 spiro atoms. The summed E-state index contributed by atoms with van der Waals surface area (Å²) in [5, 5.41) is 12.2. The SMILES string of the molecule is CCOC(=O)[C@](C)(O)c1nc(CC)cs1. The summed E-state index contributed by atoms with van der Waals surface area (Å²) in [4.78, 5) is 15.6. The van der Waals surface area contributed by atoms with Gasteiger partial charge in [-0.1, -0.05) is 6.92 Å². The molecule has 1 heterocycles. The van der Waals surface area contributed by atoms with E-state index in [1.807, 2.05) is 12.3 Å². The van der Waals surface area contributed by atoms with Gasteiger partial charge in [0.1, 0.15) is 5.01 Å². The lowest BCUT2D eigenvalue weighted by atomic mass is 10.1. The molecule has 0 amide bonds. The molecular formula is C10H15NO3S. The van der Waals surface area contributed by atoms with E-state index in [0.717, 1.165) is 12.1 Å². The molecular weight excluding hydrogens is 214 g/mol. The summed E-state index contributed by atoms with van der Waals surface area (Å²) >= 11 is 1.27. The topological polar surface area (TPSA) is 59.4 Å². The first kappa shape index (κ1) is 12.1. The van der Waals surface area contributed by atoms with E-state index in [9.17, 15) is 9.90 Å². The molecule has 1 rings (SSSR count). The van der Waals surface area contributed by atoms with Gasteiger partial charge in [0.15, 0.2) is 0 Å². The van der Waals surface area contributed by atoms with Gasteiger partial charge in [-0.2, -0.15) is 0 Å². The first-order valence-corrected chi connectivity index (χ1v) is 5.74. The monoisotopic (exact) mass is 229 g/mol. The highest BCUT2D eigenvalue weighted by atomic mass is 32.1. The molecule has 1 N–H and O–H groups in total. The van der Waals surface area contributed by atoms with Crippen molar-refractivity contribution in [1.29, 1.82) is 0 Å². The van der Waals surface area contributed by atoms with Crippen LogP contribution in [0, 0.1) is 0 Å². The first-order chi connectivity index (χ1) is 7.02. The van der Waals surface area contributed by atoms with Crippen molar-refractivity contribution in [1.82, 2.24) is 4.98 Å². The third-order valence-electron chi connectivity index (χ3n) is 2.00. The second-order valence-electron chi connectivity index (χ2n) is 3.29. The molecule has 1 aromatic heterocycles. The Morgan fingerprint density at radius 2 is 2.33 bits per heavy atom. The van der Waals surface area contributed by atoms with E-state index in [1.54, 1.807) is 6.92 Å². The predicted octanol–water partition coefficient (Wildman–Crippen LogP) is 1.48. The van der Waals surface area contributed by atoms with Crippen LogP contribution in [0.1, 0.15) is 31.5 Å². The summed E-state index contributed by atoms with van der Waals surface area (Å²) in [5.74, 6) is -0.651. The minimum absolute atomic E-state index is 0.251. The predicted molar refractivity (Wildman–Crippen MR) is 57.7 cm³/mol. The number of carbonyl (C=O) groups excluding carboxylic acids is 1. The molecule has 15 heavy (non-hydrogen) atoms. The second kappa shape index (κ2) is 4.72. The van der Waals surface area contributed by atoms with E-state index in [2.05, 4.69) is 4.98 Å². The van der Waals surface area contributed by atoms with E-state index >= 15 is 0 Å². The van der Waals surface area contributed by atoms with Crippen LogP contribution in [0.3, 0.4) is 0 Å². The van der Waals surface area contributed by atoms with Gasteiger partial charge < -0.3 is 9.84 Å². The van der Waals surface area contributed by atoms with Crippen LogP contribution >= 0.6 is 11.3 Å². The van der Waals surface area contributed by atoms with Gasteiger partial charge in [-0.3, -0.25) is 0 Å². The average molecular weight is 229 g/mol. The van der Waals surface area contributed by atoms with Crippen molar-refractivity contribution in [2.24, 2.45) is 0 Å². The summed E-state index contributed by atoms with van der Waals surface area (Å²) in [7, 11) is 0. The fourth-order valence-electron chi connectivity index (χ4n) is 1.05. The fourth-order valence-corrected chi connectivity index (χ4v) is 2.00. The van der Waals surface area contributed by atoms with Crippen LogP contribution in [0.4, 0.5) is 0 Å². The summed E-state index contributed by atoms with van der Waals surface area (Å²) in [6.45, 7) is 5.33. The molecule has 5 heteroatoms. The Balaban J connectivity index is 2.89. The number of aryl methyl sites for hydroxylation is 1. The van der Waals surface area contributed by atoms with Gasteiger partial charge in [0.2, 0.25) is 5.60 Å². The highest BCUT2D eigenvalue weighted by molar-refractivity contribution is 7.10. The number of thiazole rings is 1. The van der Waals surface area contributed by atoms with Gasteiger partial charge in [-0.15, -0.1) is 11.3 Å². The summed E-state index contributed by atoms with van der Waals surface area (Å²) < 4.78 is 4.78. The number of rotatable bonds is 4. The third-order valence-corrected chi connectivity index (χ3v) is 3.11. The van der Waals surface area contributed by atoms with Gasteiger partial charge in [-0.05, 0) is 20.3 Å². The third kappa shape index (κ3) is 2.54. The quantitative estimate of drug-likeness (QED) is 0.794. The molecule has 84 valence electrons. The summed E-state index contributed by atoms with van der Waals surface area (Å²) in [6, 6.07) is 0. The maximum atomic E-state index is 11.5. The molecule has 0 saturated carbocycles. The van der Waals surface area contributed by atoms with Crippen LogP contribution in [0.15, 0.2) is 5.38 Å². The minimum atomic E-state index is -1.63. The number of ether oxygens (including phenoxy) is 1. The van der Waals surface area contributed by atoms with Crippen molar-refractivity contribution in [3.05, 3.63) is 16.1 Å². The molecule has 0 bridgehead atoms. The molecule has 0 saturated heterocycles. The van der Waals surface area contributed by atoms with Crippen molar-refractivity contribution in [2.45, 2.75) is 32.8 Å². The van der Waals surface area contributed by atoms with Gasteiger partial charge in [-0.25, -0.2) is 9.78 Å². The normalized spacial score (nSPS) is 14.7. The fraction of sp³-hybridized carbons (Fsp3) is 0.600. The Morgan fingerprint density at radius 3 is 2.80 bits per heavy atom. The van der Waals surface area contributed by atoms with Crippen LogP contribution in [-0.2, 0) is 21.6 Å². The number of hydrogen-bond donors (Lipinski definition) is 1. The zero-order valence-electron chi connectivity index (χ0n) is 9.11. The molecule has 1 atom stereocenters. The van der Waals surface area contributed by atoms with Crippen LogP contribution in [0.25, 0.3) is 0 Å². The number of esters is 1. The minimum Gasteiger partial charge on any atom is -0.464 e. The number of aromatic nitrogens is 1. The molecule has 1 aromatic rings. The van der Waals surface area contributed by atoms with Crippen molar-refractivity contribution in [2.75, 3.05) is 6.61 Å². The number of aliphatic hydroxyl groups is 1. The molecule has 0 radical (unpaired) electrons. The van der Waals surface area contributed by atoms with Crippen LogP contribution in [0.2, 0.25) is 0 Å². The maximum Gasteiger partial charge on any atom is 0.345 e. The van der Waals surface area contributed by atoms with Crippen molar-refractivity contribution in [3.8, 4) is 0 Å². The van der Waals surface area contributed by atoms with E-state index in [4.69, 9.17) is 4.74 Å². The van der Waals surface area contributed by atoms with Crippen LogP contribution in [0.5, 0.6) is 0 Å². The zero-order chi connectivity index (χ0) is 11.5. The number of nitrogens with zero attached hydrogens (tertiary/aromatic N) is 1. The highest BCUT2D eigenvalue weighted by Gasteiger charge is 2.37. The van der Waals surface area contributed by atoms with E-state index < -0.39 is 11.6 Å². The summed E-state index contributed by atoms with van der Waals surface area (Å²) in [5.41, 5.74) is -0.756. The smallest absolute Gasteiger partial charge is 0.345 e. The molecule has 0 aromatic carbocycles. The lowest BCUT2D eigenvalue weighted by molar-refractivity contribution is -0.164. The van der Waals surface area contributed by atoms with E-state index in [1.165, 1.54) is 18.3 Å². The Labute approximate surface area is 92.9 Å².